The lowest BCUT2D eigenvalue weighted by atomic mass is 9.86. The van der Waals surface area contributed by atoms with Crippen LogP contribution < -0.4 is 9.62 Å². The van der Waals surface area contributed by atoms with Crippen LogP contribution in [-0.2, 0) is 20.2 Å². The number of anilines is 1. The fourth-order valence-corrected chi connectivity index (χ4v) is 5.31. The van der Waals surface area contributed by atoms with Gasteiger partial charge in [-0.25, -0.2) is 8.42 Å². The molecule has 7 heteroatoms. The van der Waals surface area contributed by atoms with E-state index >= 15 is 0 Å². The number of halogens is 1. The number of carbonyl (C=O) groups is 1. The van der Waals surface area contributed by atoms with E-state index < -0.39 is 15.9 Å². The lowest BCUT2D eigenvalue weighted by Crippen LogP contribution is -2.42. The van der Waals surface area contributed by atoms with E-state index in [-0.39, 0.29) is 22.9 Å². The van der Waals surface area contributed by atoms with E-state index in [4.69, 9.17) is 11.6 Å². The van der Waals surface area contributed by atoms with Crippen LogP contribution in [0.4, 0.5) is 5.69 Å². The van der Waals surface area contributed by atoms with Gasteiger partial charge in [-0.2, -0.15) is 0 Å². The van der Waals surface area contributed by atoms with E-state index in [0.29, 0.717) is 16.3 Å². The summed E-state index contributed by atoms with van der Waals surface area (Å²) >= 11 is 6.18. The number of nitrogens with one attached hydrogen (secondary N) is 1. The molecular weight excluding hydrogens is 468 g/mol. The third-order valence-electron chi connectivity index (χ3n) is 5.71. The molecule has 0 aliphatic rings. The summed E-state index contributed by atoms with van der Waals surface area (Å²) in [4.78, 5) is 13.2. The van der Waals surface area contributed by atoms with E-state index in [0.717, 1.165) is 9.87 Å². The summed E-state index contributed by atoms with van der Waals surface area (Å²) in [6, 6.07) is 20.9. The second-order valence-corrected chi connectivity index (χ2v) is 11.7. The molecule has 0 saturated carbocycles. The van der Waals surface area contributed by atoms with Crippen LogP contribution in [0.25, 0.3) is 0 Å². The van der Waals surface area contributed by atoms with Crippen LogP contribution in [0.2, 0.25) is 5.02 Å². The Bertz CT molecular complexity index is 1250. The van der Waals surface area contributed by atoms with Crippen molar-refractivity contribution in [2.45, 2.75) is 51.0 Å². The molecule has 0 saturated heterocycles. The number of nitrogens with zero attached hydrogens (tertiary/aromatic N) is 1. The number of sulfonamides is 1. The summed E-state index contributed by atoms with van der Waals surface area (Å²) in [5, 5.41) is 3.32. The Labute approximate surface area is 207 Å². The van der Waals surface area contributed by atoms with Gasteiger partial charge in [-0.15, -0.1) is 0 Å². The second-order valence-electron chi connectivity index (χ2n) is 9.42. The fourth-order valence-electron chi connectivity index (χ4n) is 3.64. The first-order valence-electron chi connectivity index (χ1n) is 11.1. The van der Waals surface area contributed by atoms with Crippen molar-refractivity contribution in [3.63, 3.8) is 0 Å². The molecule has 0 radical (unpaired) electrons. The molecule has 1 atom stereocenters. The van der Waals surface area contributed by atoms with Crippen molar-refractivity contribution in [3.8, 4) is 0 Å². The molecule has 0 unspecified atom stereocenters. The Morgan fingerprint density at radius 2 is 1.62 bits per heavy atom. The summed E-state index contributed by atoms with van der Waals surface area (Å²) in [5.74, 6) is -0.411. The summed E-state index contributed by atoms with van der Waals surface area (Å²) < 4.78 is 28.2. The maximum absolute atomic E-state index is 13.5. The molecule has 0 aliphatic carbocycles. The van der Waals surface area contributed by atoms with Crippen molar-refractivity contribution < 1.29 is 13.2 Å². The number of rotatable bonds is 7. The third kappa shape index (κ3) is 5.99. The smallest absolute Gasteiger partial charge is 0.264 e. The van der Waals surface area contributed by atoms with Gasteiger partial charge in [0, 0.05) is 5.02 Å². The van der Waals surface area contributed by atoms with E-state index in [2.05, 4.69) is 38.2 Å². The Kier molecular flexibility index (Phi) is 7.74. The minimum atomic E-state index is -4.00. The van der Waals surface area contributed by atoms with Gasteiger partial charge >= 0.3 is 0 Å². The summed E-state index contributed by atoms with van der Waals surface area (Å²) in [6.07, 6.45) is 0. The molecule has 3 rings (SSSR count). The summed E-state index contributed by atoms with van der Waals surface area (Å²) in [7, 11) is -4.00. The molecule has 0 spiro atoms. The number of hydrogen-bond donors (Lipinski definition) is 1. The van der Waals surface area contributed by atoms with Crippen molar-refractivity contribution in [1.29, 1.82) is 0 Å². The maximum Gasteiger partial charge on any atom is 0.264 e. The quantitative estimate of drug-likeness (QED) is 0.433. The second kappa shape index (κ2) is 10.2. The number of benzene rings is 3. The van der Waals surface area contributed by atoms with Crippen molar-refractivity contribution in [2.24, 2.45) is 0 Å². The van der Waals surface area contributed by atoms with Crippen molar-refractivity contribution in [3.05, 3.63) is 94.5 Å². The predicted octanol–water partition coefficient (Wildman–Crippen LogP) is 6.02. The predicted molar refractivity (Wildman–Crippen MR) is 139 cm³/mol. The zero-order valence-electron chi connectivity index (χ0n) is 20.2. The first kappa shape index (κ1) is 25.8. The minimum absolute atomic E-state index is 0.0339. The molecule has 5 nitrogen and oxygen atoms in total. The van der Waals surface area contributed by atoms with Crippen LogP contribution in [-0.4, -0.2) is 20.9 Å². The van der Waals surface area contributed by atoms with Crippen LogP contribution in [0, 0.1) is 6.92 Å². The molecule has 3 aromatic rings. The molecular formula is C27H31ClN2O3S. The van der Waals surface area contributed by atoms with E-state index in [1.807, 2.05) is 19.1 Å². The molecule has 180 valence electrons. The van der Waals surface area contributed by atoms with Crippen LogP contribution in [0.5, 0.6) is 0 Å². The van der Waals surface area contributed by atoms with E-state index in [1.165, 1.54) is 17.7 Å². The maximum atomic E-state index is 13.5. The SMILES string of the molecule is Cc1ccc(Cl)cc1N(CC(=O)N[C@@H](C)c1ccc(C(C)(C)C)cc1)S(=O)(=O)c1ccccc1. The normalized spacial score (nSPS) is 12.8. The first-order chi connectivity index (χ1) is 15.9. The highest BCUT2D eigenvalue weighted by atomic mass is 35.5. The molecule has 1 N–H and O–H groups in total. The standard InChI is InChI=1S/C27H31ClN2O3S/c1-19-11-16-23(28)17-25(19)30(34(32,33)24-9-7-6-8-10-24)18-26(31)29-20(2)21-12-14-22(15-13-21)27(3,4)5/h6-17,20H,18H2,1-5H3,(H,29,31)/t20-/m0/s1. The Morgan fingerprint density at radius 3 is 2.21 bits per heavy atom. The van der Waals surface area contributed by atoms with Gasteiger partial charge in [0.05, 0.1) is 16.6 Å². The zero-order chi connectivity index (χ0) is 25.1. The average Bonchev–Trinajstić information content (AvgIpc) is 2.79. The Balaban J connectivity index is 1.88. The molecule has 0 aromatic heterocycles. The number of hydrogen-bond acceptors (Lipinski definition) is 3. The third-order valence-corrected chi connectivity index (χ3v) is 7.72. The highest BCUT2D eigenvalue weighted by Crippen LogP contribution is 2.30. The molecule has 0 bridgehead atoms. The van der Waals surface area contributed by atoms with Gasteiger partial charge in [0.25, 0.3) is 10.0 Å². The lowest BCUT2D eigenvalue weighted by molar-refractivity contribution is -0.120. The zero-order valence-corrected chi connectivity index (χ0v) is 21.7. The van der Waals surface area contributed by atoms with E-state index in [1.54, 1.807) is 43.3 Å². The van der Waals surface area contributed by atoms with Gasteiger partial charge in [0.2, 0.25) is 5.91 Å². The van der Waals surface area contributed by atoms with Gasteiger partial charge in [0.1, 0.15) is 6.54 Å². The molecule has 0 aliphatic heterocycles. The minimum Gasteiger partial charge on any atom is -0.348 e. The van der Waals surface area contributed by atoms with Gasteiger partial charge in [0.15, 0.2) is 0 Å². The summed E-state index contributed by atoms with van der Waals surface area (Å²) in [5.41, 5.74) is 3.24. The van der Waals surface area contributed by atoms with Crippen LogP contribution >= 0.6 is 11.6 Å². The monoisotopic (exact) mass is 498 g/mol. The largest absolute Gasteiger partial charge is 0.348 e. The number of carbonyl (C=O) groups excluding carboxylic acids is 1. The van der Waals surface area contributed by atoms with Crippen LogP contribution in [0.15, 0.2) is 77.7 Å². The van der Waals surface area contributed by atoms with Crippen LogP contribution in [0.1, 0.15) is 50.4 Å². The van der Waals surface area contributed by atoms with Gasteiger partial charge in [-0.3, -0.25) is 9.10 Å². The Hall–Kier alpha value is -2.83. The molecule has 1 amide bonds. The van der Waals surface area contributed by atoms with Crippen molar-refractivity contribution in [1.82, 2.24) is 5.32 Å². The highest BCUT2D eigenvalue weighted by Gasteiger charge is 2.29. The van der Waals surface area contributed by atoms with Gasteiger partial charge in [-0.1, -0.05) is 80.9 Å². The van der Waals surface area contributed by atoms with E-state index in [9.17, 15) is 13.2 Å². The topological polar surface area (TPSA) is 66.5 Å². The fraction of sp³-hybridized carbons (Fsp3) is 0.296. The Morgan fingerprint density at radius 1 is 1.00 bits per heavy atom. The average molecular weight is 499 g/mol. The van der Waals surface area contributed by atoms with Crippen molar-refractivity contribution in [2.75, 3.05) is 10.8 Å². The molecule has 0 heterocycles. The molecule has 34 heavy (non-hydrogen) atoms. The number of aryl methyl sites for hydroxylation is 1. The molecule has 0 fully saturated rings. The lowest BCUT2D eigenvalue weighted by Gasteiger charge is -2.27. The molecule has 3 aromatic carbocycles. The summed E-state index contributed by atoms with van der Waals surface area (Å²) in [6.45, 7) is 9.73. The van der Waals surface area contributed by atoms with Gasteiger partial charge in [-0.05, 0) is 60.2 Å². The number of amides is 1. The van der Waals surface area contributed by atoms with Gasteiger partial charge < -0.3 is 5.32 Å². The highest BCUT2D eigenvalue weighted by molar-refractivity contribution is 7.92. The van der Waals surface area contributed by atoms with Crippen molar-refractivity contribution >= 4 is 33.2 Å². The first-order valence-corrected chi connectivity index (χ1v) is 12.9. The van der Waals surface area contributed by atoms with Crippen LogP contribution in [0.3, 0.4) is 0 Å².